The molecule has 2 N–H and O–H groups in total. The maximum atomic E-state index is 12.0. The van der Waals surface area contributed by atoms with Crippen molar-refractivity contribution in [3.8, 4) is 0 Å². The predicted molar refractivity (Wildman–Crippen MR) is 78.8 cm³/mol. The monoisotopic (exact) mass is 294 g/mol. The molecule has 1 saturated heterocycles. The lowest BCUT2D eigenvalue weighted by atomic mass is 10.0. The molecule has 0 spiro atoms. The van der Waals surface area contributed by atoms with Gasteiger partial charge in [0.2, 0.25) is 5.91 Å². The number of rotatable bonds is 4. The molecule has 1 aromatic carbocycles. The van der Waals surface area contributed by atoms with E-state index in [0.29, 0.717) is 17.1 Å². The molecule has 1 fully saturated rings. The van der Waals surface area contributed by atoms with E-state index in [-0.39, 0.29) is 30.6 Å². The Morgan fingerprint density at radius 3 is 2.60 bits per heavy atom. The fourth-order valence-corrected chi connectivity index (χ4v) is 2.52. The van der Waals surface area contributed by atoms with Crippen LogP contribution in [0.1, 0.15) is 36.0 Å². The smallest absolute Gasteiger partial charge is 0.223 e. The second kappa shape index (κ2) is 6.86. The Hall–Kier alpha value is -1.39. The zero-order chi connectivity index (χ0) is 14.5. The Labute approximate surface area is 123 Å². The average Bonchev–Trinajstić information content (AvgIpc) is 2.45. The fraction of sp³-hybridized carbons (Fsp3) is 0.467. The minimum atomic E-state index is -0.0312. The third-order valence-corrected chi connectivity index (χ3v) is 3.79. The van der Waals surface area contributed by atoms with Crippen LogP contribution in [0.5, 0.6) is 0 Å². The van der Waals surface area contributed by atoms with Crippen LogP contribution in [0, 0.1) is 0 Å². The standard InChI is InChI=1S/C15H19ClN2O2/c16-12-5-3-11(4-6-12)14(19)7-8-15(20)18-9-1-2-13(17)10-18/h3-6,13H,1-2,7-10,17H2. The Balaban J connectivity index is 1.83. The topological polar surface area (TPSA) is 63.4 Å². The number of amides is 1. The zero-order valence-corrected chi connectivity index (χ0v) is 12.1. The van der Waals surface area contributed by atoms with Gasteiger partial charge in [-0.3, -0.25) is 9.59 Å². The molecule has 20 heavy (non-hydrogen) atoms. The van der Waals surface area contributed by atoms with E-state index in [1.165, 1.54) is 0 Å². The maximum Gasteiger partial charge on any atom is 0.223 e. The van der Waals surface area contributed by atoms with E-state index < -0.39 is 0 Å². The predicted octanol–water partition coefficient (Wildman–Crippen LogP) is 2.25. The van der Waals surface area contributed by atoms with Crippen molar-refractivity contribution in [3.05, 3.63) is 34.9 Å². The van der Waals surface area contributed by atoms with Crippen LogP contribution in [0.3, 0.4) is 0 Å². The third kappa shape index (κ3) is 4.05. The number of likely N-dealkylation sites (tertiary alicyclic amines) is 1. The van der Waals surface area contributed by atoms with Gasteiger partial charge in [0.25, 0.3) is 0 Å². The number of carbonyl (C=O) groups excluding carboxylic acids is 2. The molecule has 1 atom stereocenters. The highest BCUT2D eigenvalue weighted by Crippen LogP contribution is 2.14. The molecule has 2 rings (SSSR count). The summed E-state index contributed by atoms with van der Waals surface area (Å²) in [5, 5.41) is 0.597. The molecule has 0 aliphatic carbocycles. The van der Waals surface area contributed by atoms with Crippen molar-refractivity contribution in [1.29, 1.82) is 0 Å². The number of ketones is 1. The van der Waals surface area contributed by atoms with Gasteiger partial charge in [-0.25, -0.2) is 0 Å². The molecule has 108 valence electrons. The van der Waals surface area contributed by atoms with E-state index in [2.05, 4.69) is 0 Å². The molecule has 0 aromatic heterocycles. The number of nitrogens with two attached hydrogens (primary N) is 1. The van der Waals surface area contributed by atoms with Crippen molar-refractivity contribution in [2.24, 2.45) is 5.73 Å². The lowest BCUT2D eigenvalue weighted by Gasteiger charge is -2.30. The number of piperidine rings is 1. The third-order valence-electron chi connectivity index (χ3n) is 3.54. The van der Waals surface area contributed by atoms with Gasteiger partial charge in [-0.2, -0.15) is 0 Å². The van der Waals surface area contributed by atoms with Gasteiger partial charge in [-0.1, -0.05) is 11.6 Å². The van der Waals surface area contributed by atoms with Gasteiger partial charge >= 0.3 is 0 Å². The molecular formula is C15H19ClN2O2. The van der Waals surface area contributed by atoms with E-state index in [1.54, 1.807) is 29.2 Å². The minimum absolute atomic E-state index is 0.0162. The van der Waals surface area contributed by atoms with Crippen LogP contribution >= 0.6 is 11.6 Å². The number of hydrogen-bond donors (Lipinski definition) is 1. The van der Waals surface area contributed by atoms with Crippen molar-refractivity contribution < 1.29 is 9.59 Å². The Kier molecular flexibility index (Phi) is 5.15. The molecule has 1 unspecified atom stereocenters. The summed E-state index contributed by atoms with van der Waals surface area (Å²) >= 11 is 5.78. The van der Waals surface area contributed by atoms with Crippen LogP contribution in [0.25, 0.3) is 0 Å². The largest absolute Gasteiger partial charge is 0.341 e. The van der Waals surface area contributed by atoms with Gasteiger partial charge in [0.05, 0.1) is 0 Å². The highest BCUT2D eigenvalue weighted by atomic mass is 35.5. The van der Waals surface area contributed by atoms with Crippen molar-refractivity contribution in [1.82, 2.24) is 4.90 Å². The minimum Gasteiger partial charge on any atom is -0.341 e. The van der Waals surface area contributed by atoms with Gasteiger partial charge in [0.1, 0.15) is 0 Å². The normalized spacial score (nSPS) is 18.9. The quantitative estimate of drug-likeness (QED) is 0.866. The Morgan fingerprint density at radius 1 is 1.25 bits per heavy atom. The van der Waals surface area contributed by atoms with Crippen molar-refractivity contribution in [3.63, 3.8) is 0 Å². The van der Waals surface area contributed by atoms with Gasteiger partial charge in [-0.15, -0.1) is 0 Å². The van der Waals surface area contributed by atoms with Crippen LogP contribution in [0.2, 0.25) is 5.02 Å². The van der Waals surface area contributed by atoms with E-state index in [4.69, 9.17) is 17.3 Å². The summed E-state index contributed by atoms with van der Waals surface area (Å²) in [6.07, 6.45) is 2.38. The molecule has 1 aliphatic heterocycles. The van der Waals surface area contributed by atoms with E-state index >= 15 is 0 Å². The van der Waals surface area contributed by atoms with Crippen LogP contribution in [0.4, 0.5) is 0 Å². The summed E-state index contributed by atoms with van der Waals surface area (Å²) < 4.78 is 0. The summed E-state index contributed by atoms with van der Waals surface area (Å²) in [6.45, 7) is 1.36. The van der Waals surface area contributed by atoms with Crippen molar-refractivity contribution in [2.75, 3.05) is 13.1 Å². The molecule has 0 radical (unpaired) electrons. The maximum absolute atomic E-state index is 12.0. The van der Waals surface area contributed by atoms with Crippen LogP contribution < -0.4 is 5.73 Å². The van der Waals surface area contributed by atoms with Crippen LogP contribution in [-0.2, 0) is 4.79 Å². The second-order valence-electron chi connectivity index (χ2n) is 5.17. The van der Waals surface area contributed by atoms with Gasteiger partial charge in [-0.05, 0) is 37.1 Å². The lowest BCUT2D eigenvalue weighted by Crippen LogP contribution is -2.45. The van der Waals surface area contributed by atoms with Crippen LogP contribution in [0.15, 0.2) is 24.3 Å². The summed E-state index contributed by atoms with van der Waals surface area (Å²) in [6, 6.07) is 6.80. The molecule has 0 bridgehead atoms. The number of hydrogen-bond acceptors (Lipinski definition) is 3. The van der Waals surface area contributed by atoms with E-state index in [1.807, 2.05) is 0 Å². The zero-order valence-electron chi connectivity index (χ0n) is 11.3. The first-order chi connectivity index (χ1) is 9.56. The molecule has 1 heterocycles. The average molecular weight is 295 g/mol. The van der Waals surface area contributed by atoms with Crippen molar-refractivity contribution >= 4 is 23.3 Å². The van der Waals surface area contributed by atoms with Gasteiger partial charge < -0.3 is 10.6 Å². The van der Waals surface area contributed by atoms with Crippen molar-refractivity contribution in [2.45, 2.75) is 31.7 Å². The van der Waals surface area contributed by atoms with E-state index in [9.17, 15) is 9.59 Å². The number of halogens is 1. The fourth-order valence-electron chi connectivity index (χ4n) is 2.40. The summed E-state index contributed by atoms with van der Waals surface area (Å²) in [5.74, 6) is -0.0150. The number of nitrogens with zero attached hydrogens (tertiary/aromatic N) is 1. The molecule has 5 heteroatoms. The lowest BCUT2D eigenvalue weighted by molar-refractivity contribution is -0.132. The highest BCUT2D eigenvalue weighted by molar-refractivity contribution is 6.30. The van der Waals surface area contributed by atoms with Gasteiger partial charge in [0.15, 0.2) is 5.78 Å². The van der Waals surface area contributed by atoms with Crippen LogP contribution in [-0.4, -0.2) is 35.7 Å². The first kappa shape index (κ1) is 15.0. The first-order valence-electron chi connectivity index (χ1n) is 6.88. The Morgan fingerprint density at radius 2 is 1.95 bits per heavy atom. The summed E-state index contributed by atoms with van der Waals surface area (Å²) in [5.41, 5.74) is 6.45. The van der Waals surface area contributed by atoms with E-state index in [0.717, 1.165) is 19.4 Å². The second-order valence-corrected chi connectivity index (χ2v) is 5.61. The summed E-state index contributed by atoms with van der Waals surface area (Å²) in [4.78, 5) is 25.8. The molecule has 1 amide bonds. The first-order valence-corrected chi connectivity index (χ1v) is 7.26. The number of benzene rings is 1. The highest BCUT2D eigenvalue weighted by Gasteiger charge is 2.21. The summed E-state index contributed by atoms with van der Waals surface area (Å²) in [7, 11) is 0. The number of carbonyl (C=O) groups is 2. The van der Waals surface area contributed by atoms with Gasteiger partial charge in [0, 0.05) is 42.6 Å². The SMILES string of the molecule is NC1CCCN(C(=O)CCC(=O)c2ccc(Cl)cc2)C1. The number of Topliss-reactive ketones (excluding diaryl/α,β-unsaturated/α-hetero) is 1. The molecule has 1 aromatic rings. The molecule has 4 nitrogen and oxygen atoms in total. The molecule has 0 saturated carbocycles. The Bertz CT molecular complexity index is 487. The molecule has 1 aliphatic rings. The molecular weight excluding hydrogens is 276 g/mol.